The van der Waals surface area contributed by atoms with Gasteiger partial charge in [-0.25, -0.2) is 13.8 Å². The Bertz CT molecular complexity index is 482. The Kier molecular flexibility index (Phi) is 4.30. The summed E-state index contributed by atoms with van der Waals surface area (Å²) in [7, 11) is 0.630. The van der Waals surface area contributed by atoms with Crippen molar-refractivity contribution in [1.29, 1.82) is 0 Å². The normalized spacial score (nSPS) is 12.7. The van der Waals surface area contributed by atoms with Gasteiger partial charge in [0.15, 0.2) is 11.4 Å². The molecule has 0 aliphatic heterocycles. The van der Waals surface area contributed by atoms with E-state index in [0.717, 1.165) is 0 Å². The van der Waals surface area contributed by atoms with Gasteiger partial charge in [0.1, 0.15) is 0 Å². The number of pyridine rings is 1. The highest BCUT2D eigenvalue weighted by atomic mass is 19.4. The number of methoxy groups -OCH3 is 1. The zero-order chi connectivity index (χ0) is 15.7. The van der Waals surface area contributed by atoms with Crippen molar-refractivity contribution in [1.82, 2.24) is 4.98 Å². The molecule has 1 aromatic heterocycles. The van der Waals surface area contributed by atoms with Crippen LogP contribution < -0.4 is 9.47 Å². The Balaban J connectivity index is 3.56. The first kappa shape index (κ1) is 16.2. The van der Waals surface area contributed by atoms with Gasteiger partial charge in [-0.15, -0.1) is 13.2 Å². The molecule has 3 nitrogen and oxygen atoms in total. The minimum absolute atomic E-state index is 0.0789. The summed E-state index contributed by atoms with van der Waals surface area (Å²) < 4.78 is 106. The van der Waals surface area contributed by atoms with Gasteiger partial charge in [0, 0.05) is 6.20 Å². The molecule has 0 atom stereocenters. The predicted octanol–water partition coefficient (Wildman–Crippen LogP) is 3.95. The molecule has 1 rings (SSSR count). The summed E-state index contributed by atoms with van der Waals surface area (Å²) in [5, 5.41) is 0. The number of halogens is 8. The molecule has 0 unspecified atom stereocenters. The minimum Gasteiger partial charge on any atom is -0.492 e. The zero-order valence-corrected chi connectivity index (χ0v) is 9.44. The Morgan fingerprint density at radius 1 is 1.05 bits per heavy atom. The van der Waals surface area contributed by atoms with Crippen LogP contribution in [0.2, 0.25) is 0 Å². The molecule has 0 bridgehead atoms. The van der Waals surface area contributed by atoms with Crippen molar-refractivity contribution in [3.63, 3.8) is 0 Å². The highest BCUT2D eigenvalue weighted by Gasteiger charge is 2.44. The fourth-order valence-electron chi connectivity index (χ4n) is 1.27. The van der Waals surface area contributed by atoms with Crippen LogP contribution in [-0.4, -0.2) is 18.5 Å². The molecule has 114 valence electrons. The third-order valence-corrected chi connectivity index (χ3v) is 1.94. The Labute approximate surface area is 106 Å². The molecular weight excluding hydrogens is 306 g/mol. The van der Waals surface area contributed by atoms with E-state index in [1.54, 1.807) is 0 Å². The molecule has 0 aromatic carbocycles. The van der Waals surface area contributed by atoms with Crippen LogP contribution >= 0.6 is 0 Å². The largest absolute Gasteiger partial charge is 0.573 e. The fraction of sp³-hybridized carbons (Fsp3) is 0.444. The number of aromatic nitrogens is 1. The maximum atomic E-state index is 12.5. The molecule has 0 aliphatic carbocycles. The molecule has 1 heterocycles. The maximum Gasteiger partial charge on any atom is 0.573 e. The molecule has 0 radical (unpaired) electrons. The van der Waals surface area contributed by atoms with E-state index >= 15 is 0 Å². The minimum atomic E-state index is -5.53. The van der Waals surface area contributed by atoms with Crippen LogP contribution in [0.5, 0.6) is 11.5 Å². The number of rotatable bonds is 3. The van der Waals surface area contributed by atoms with Gasteiger partial charge in [-0.1, -0.05) is 0 Å². The van der Waals surface area contributed by atoms with E-state index in [0.29, 0.717) is 7.11 Å². The Morgan fingerprint density at radius 2 is 1.60 bits per heavy atom. The average molecular weight is 311 g/mol. The fourth-order valence-corrected chi connectivity index (χ4v) is 1.27. The first-order valence-electron chi connectivity index (χ1n) is 4.65. The molecule has 0 saturated heterocycles. The summed E-state index contributed by atoms with van der Waals surface area (Å²) in [6.07, 6.45) is -14.2. The molecule has 0 aliphatic rings. The first-order valence-corrected chi connectivity index (χ1v) is 4.65. The van der Waals surface area contributed by atoms with Crippen LogP contribution in [0.1, 0.15) is 17.7 Å². The lowest BCUT2D eigenvalue weighted by atomic mass is 10.2. The van der Waals surface area contributed by atoms with E-state index in [4.69, 9.17) is 0 Å². The van der Waals surface area contributed by atoms with E-state index < -0.39 is 41.7 Å². The van der Waals surface area contributed by atoms with E-state index in [1.807, 2.05) is 0 Å². The van der Waals surface area contributed by atoms with Crippen molar-refractivity contribution in [3.05, 3.63) is 17.5 Å². The van der Waals surface area contributed by atoms with Gasteiger partial charge in [0.05, 0.1) is 12.7 Å². The van der Waals surface area contributed by atoms with Gasteiger partial charge in [-0.3, -0.25) is 0 Å². The Hall–Kier alpha value is -1.81. The molecule has 0 amide bonds. The third-order valence-electron chi connectivity index (χ3n) is 1.94. The lowest BCUT2D eigenvalue weighted by Crippen LogP contribution is -2.22. The number of nitrogens with zero attached hydrogens (tertiary/aromatic N) is 1. The van der Waals surface area contributed by atoms with Crippen LogP contribution in [0.15, 0.2) is 6.20 Å². The highest BCUT2D eigenvalue weighted by Crippen LogP contribution is 2.46. The summed E-state index contributed by atoms with van der Waals surface area (Å²) in [5.41, 5.74) is -3.36. The van der Waals surface area contributed by atoms with Crippen molar-refractivity contribution >= 4 is 0 Å². The average Bonchev–Trinajstić information content (AvgIpc) is 2.24. The van der Waals surface area contributed by atoms with Gasteiger partial charge < -0.3 is 9.47 Å². The van der Waals surface area contributed by atoms with Gasteiger partial charge in [-0.05, 0) is 0 Å². The topological polar surface area (TPSA) is 31.4 Å². The van der Waals surface area contributed by atoms with Crippen molar-refractivity contribution in [3.8, 4) is 11.5 Å². The smallest absolute Gasteiger partial charge is 0.492 e. The predicted molar refractivity (Wildman–Crippen MR) is 47.4 cm³/mol. The summed E-state index contributed by atoms with van der Waals surface area (Å²) in [6, 6.07) is 0. The molecule has 20 heavy (non-hydrogen) atoms. The summed E-state index contributed by atoms with van der Waals surface area (Å²) in [4.78, 5) is 2.55. The van der Waals surface area contributed by atoms with Crippen LogP contribution in [0.4, 0.5) is 35.1 Å². The van der Waals surface area contributed by atoms with E-state index in [2.05, 4.69) is 14.5 Å². The van der Waals surface area contributed by atoms with Crippen LogP contribution in [-0.2, 0) is 6.18 Å². The molecular formula is C9H5F8NO2. The van der Waals surface area contributed by atoms with E-state index in [-0.39, 0.29) is 6.20 Å². The quantitative estimate of drug-likeness (QED) is 0.792. The van der Waals surface area contributed by atoms with Gasteiger partial charge >= 0.3 is 12.5 Å². The van der Waals surface area contributed by atoms with Crippen LogP contribution in [0, 0.1) is 0 Å². The van der Waals surface area contributed by atoms with Crippen molar-refractivity contribution in [2.24, 2.45) is 0 Å². The standard InChI is InChI=1S/C9H5F8NO2/c1-19-4-3(7(10)11)2-18-6(8(12,13)14)5(4)20-9(15,16)17/h2,7H,1H3. The first-order chi connectivity index (χ1) is 8.97. The summed E-state index contributed by atoms with van der Waals surface area (Å²) in [5.74, 6) is -3.33. The van der Waals surface area contributed by atoms with Crippen molar-refractivity contribution in [2.75, 3.05) is 7.11 Å². The molecule has 1 aromatic rings. The Morgan fingerprint density at radius 3 is 1.95 bits per heavy atom. The molecule has 0 N–H and O–H groups in total. The van der Waals surface area contributed by atoms with Gasteiger partial charge in [-0.2, -0.15) is 13.2 Å². The summed E-state index contributed by atoms with van der Waals surface area (Å²) in [6.45, 7) is 0. The second-order valence-corrected chi connectivity index (χ2v) is 3.27. The zero-order valence-electron chi connectivity index (χ0n) is 9.44. The van der Waals surface area contributed by atoms with Crippen LogP contribution in [0.3, 0.4) is 0 Å². The second kappa shape index (κ2) is 5.29. The molecule has 0 fully saturated rings. The lowest BCUT2D eigenvalue weighted by molar-refractivity contribution is -0.277. The lowest BCUT2D eigenvalue weighted by Gasteiger charge is -2.19. The highest BCUT2D eigenvalue weighted by molar-refractivity contribution is 5.50. The van der Waals surface area contributed by atoms with Gasteiger partial charge in [0.25, 0.3) is 6.43 Å². The van der Waals surface area contributed by atoms with Crippen molar-refractivity contribution in [2.45, 2.75) is 19.0 Å². The number of hydrogen-bond donors (Lipinski definition) is 0. The maximum absolute atomic E-state index is 12.5. The third kappa shape index (κ3) is 3.61. The van der Waals surface area contributed by atoms with Gasteiger partial charge in [0.2, 0.25) is 5.75 Å². The molecule has 0 saturated carbocycles. The number of alkyl halides is 8. The monoisotopic (exact) mass is 311 g/mol. The van der Waals surface area contributed by atoms with Crippen LogP contribution in [0.25, 0.3) is 0 Å². The molecule has 0 spiro atoms. The van der Waals surface area contributed by atoms with E-state index in [9.17, 15) is 35.1 Å². The number of ether oxygens (including phenoxy) is 2. The second-order valence-electron chi connectivity index (χ2n) is 3.27. The SMILES string of the molecule is COc1c(C(F)F)cnc(C(F)(F)F)c1OC(F)(F)F. The van der Waals surface area contributed by atoms with E-state index in [1.165, 1.54) is 0 Å². The summed E-state index contributed by atoms with van der Waals surface area (Å²) >= 11 is 0. The van der Waals surface area contributed by atoms with Crippen molar-refractivity contribution < 1.29 is 44.6 Å². The molecule has 11 heteroatoms. The number of hydrogen-bond acceptors (Lipinski definition) is 3.